The predicted molar refractivity (Wildman–Crippen MR) is 91.5 cm³/mol. The van der Waals surface area contributed by atoms with Gasteiger partial charge in [0.1, 0.15) is 11.5 Å². The van der Waals surface area contributed by atoms with Crippen molar-refractivity contribution in [3.8, 4) is 0 Å². The van der Waals surface area contributed by atoms with Crippen LogP contribution in [-0.2, 0) is 25.6 Å². The number of likely N-dealkylation sites (tertiary alicyclic amines) is 1. The SMILES string of the molecule is Cc1ccc(CN2C[C@@]34C=C[C@@H](O3)[C@H](C(=O)OC(C)C)[C@H]4C2=O)cc1. The summed E-state index contributed by atoms with van der Waals surface area (Å²) in [4.78, 5) is 27.4. The Labute approximate surface area is 147 Å². The monoisotopic (exact) mass is 341 g/mol. The summed E-state index contributed by atoms with van der Waals surface area (Å²) in [6, 6.07) is 8.15. The van der Waals surface area contributed by atoms with Crippen LogP contribution in [0.3, 0.4) is 0 Å². The molecule has 5 nitrogen and oxygen atoms in total. The van der Waals surface area contributed by atoms with Gasteiger partial charge in [-0.3, -0.25) is 9.59 Å². The van der Waals surface area contributed by atoms with Crippen molar-refractivity contribution in [2.24, 2.45) is 11.8 Å². The van der Waals surface area contributed by atoms with Crippen molar-refractivity contribution >= 4 is 11.9 Å². The number of fused-ring (bicyclic) bond motifs is 1. The number of nitrogens with zero attached hydrogens (tertiary/aromatic N) is 1. The first kappa shape index (κ1) is 16.3. The lowest BCUT2D eigenvalue weighted by molar-refractivity contribution is -0.157. The molecule has 3 heterocycles. The third-order valence-corrected chi connectivity index (χ3v) is 5.30. The molecule has 0 N–H and O–H groups in total. The van der Waals surface area contributed by atoms with E-state index in [1.54, 1.807) is 4.90 Å². The molecular formula is C20H23NO4. The van der Waals surface area contributed by atoms with Crippen molar-refractivity contribution < 1.29 is 19.1 Å². The van der Waals surface area contributed by atoms with Crippen LogP contribution in [0.2, 0.25) is 0 Å². The van der Waals surface area contributed by atoms with Crippen LogP contribution in [0.4, 0.5) is 0 Å². The minimum atomic E-state index is -0.673. The lowest BCUT2D eigenvalue weighted by Crippen LogP contribution is -2.40. The Hall–Kier alpha value is -2.14. The van der Waals surface area contributed by atoms with Gasteiger partial charge in [0.25, 0.3) is 0 Å². The molecule has 2 bridgehead atoms. The number of rotatable bonds is 4. The van der Waals surface area contributed by atoms with Gasteiger partial charge < -0.3 is 14.4 Å². The van der Waals surface area contributed by atoms with Crippen molar-refractivity contribution in [3.63, 3.8) is 0 Å². The Morgan fingerprint density at radius 3 is 2.76 bits per heavy atom. The lowest BCUT2D eigenvalue weighted by atomic mass is 9.77. The fraction of sp³-hybridized carbons (Fsp3) is 0.500. The predicted octanol–water partition coefficient (Wildman–Crippen LogP) is 2.23. The molecule has 3 aliphatic heterocycles. The molecule has 2 saturated heterocycles. The Bertz CT molecular complexity index is 739. The second kappa shape index (κ2) is 5.70. The van der Waals surface area contributed by atoms with Gasteiger partial charge in [-0.25, -0.2) is 0 Å². The zero-order valence-corrected chi connectivity index (χ0v) is 14.8. The quantitative estimate of drug-likeness (QED) is 0.622. The maximum absolute atomic E-state index is 13.0. The van der Waals surface area contributed by atoms with E-state index in [0.29, 0.717) is 13.1 Å². The topological polar surface area (TPSA) is 55.8 Å². The first-order valence-electron chi connectivity index (χ1n) is 8.82. The molecular weight excluding hydrogens is 318 g/mol. The molecule has 0 radical (unpaired) electrons. The summed E-state index contributed by atoms with van der Waals surface area (Å²) in [5.74, 6) is -1.36. The highest BCUT2D eigenvalue weighted by Gasteiger charge is 2.67. The molecule has 2 fully saturated rings. The summed E-state index contributed by atoms with van der Waals surface area (Å²) >= 11 is 0. The molecule has 132 valence electrons. The normalized spacial score (nSPS) is 32.6. The van der Waals surface area contributed by atoms with Crippen LogP contribution in [-0.4, -0.2) is 41.1 Å². The fourth-order valence-electron chi connectivity index (χ4n) is 4.21. The minimum Gasteiger partial charge on any atom is -0.463 e. The summed E-state index contributed by atoms with van der Waals surface area (Å²) in [6.07, 6.45) is 3.33. The molecule has 0 aliphatic carbocycles. The van der Waals surface area contributed by atoms with Crippen LogP contribution in [0.1, 0.15) is 25.0 Å². The summed E-state index contributed by atoms with van der Waals surface area (Å²) in [5.41, 5.74) is 1.59. The Morgan fingerprint density at radius 2 is 2.08 bits per heavy atom. The van der Waals surface area contributed by atoms with Crippen molar-refractivity contribution in [2.75, 3.05) is 6.54 Å². The Balaban J connectivity index is 1.57. The molecule has 0 aromatic heterocycles. The number of aryl methyl sites for hydroxylation is 1. The second-order valence-electron chi connectivity index (χ2n) is 7.57. The van der Waals surface area contributed by atoms with Gasteiger partial charge in [-0.05, 0) is 26.3 Å². The van der Waals surface area contributed by atoms with Crippen LogP contribution in [0, 0.1) is 18.8 Å². The van der Waals surface area contributed by atoms with Gasteiger partial charge in [-0.1, -0.05) is 42.0 Å². The Kier molecular flexibility index (Phi) is 3.72. The molecule has 0 saturated carbocycles. The van der Waals surface area contributed by atoms with Crippen molar-refractivity contribution in [3.05, 3.63) is 47.5 Å². The highest BCUT2D eigenvalue weighted by Crippen LogP contribution is 2.52. The minimum absolute atomic E-state index is 0.0156. The second-order valence-corrected chi connectivity index (χ2v) is 7.57. The number of hydrogen-bond donors (Lipinski definition) is 0. The average Bonchev–Trinajstić information content (AvgIpc) is 3.18. The van der Waals surface area contributed by atoms with Crippen LogP contribution >= 0.6 is 0 Å². The standard InChI is InChI=1S/C20H23NO4/c1-12(2)24-19(23)16-15-8-9-20(25-15)11-21(18(22)17(16)20)10-14-6-4-13(3)5-7-14/h4-9,12,15-17H,10-11H2,1-3H3/t15-,16+,17+,20-/m1/s1. The van der Waals surface area contributed by atoms with Gasteiger partial charge in [-0.2, -0.15) is 0 Å². The summed E-state index contributed by atoms with van der Waals surface area (Å²) in [7, 11) is 0. The van der Waals surface area contributed by atoms with Crippen molar-refractivity contribution in [2.45, 2.75) is 45.1 Å². The van der Waals surface area contributed by atoms with Crippen LogP contribution < -0.4 is 0 Å². The largest absolute Gasteiger partial charge is 0.463 e. The van der Waals surface area contributed by atoms with E-state index in [1.807, 2.05) is 57.2 Å². The third-order valence-electron chi connectivity index (χ3n) is 5.30. The molecule has 1 aromatic rings. The molecule has 1 amide bonds. The smallest absolute Gasteiger partial charge is 0.313 e. The molecule has 4 atom stereocenters. The van der Waals surface area contributed by atoms with E-state index in [2.05, 4.69) is 0 Å². The zero-order valence-electron chi connectivity index (χ0n) is 14.8. The highest BCUT2D eigenvalue weighted by molar-refractivity contribution is 5.91. The number of benzene rings is 1. The van der Waals surface area contributed by atoms with Gasteiger partial charge in [0, 0.05) is 6.54 Å². The first-order valence-corrected chi connectivity index (χ1v) is 8.82. The third kappa shape index (κ3) is 2.58. The highest BCUT2D eigenvalue weighted by atomic mass is 16.6. The Morgan fingerprint density at radius 1 is 1.36 bits per heavy atom. The molecule has 4 rings (SSSR count). The van der Waals surface area contributed by atoms with E-state index < -0.39 is 17.4 Å². The average molecular weight is 341 g/mol. The van der Waals surface area contributed by atoms with E-state index >= 15 is 0 Å². The number of carbonyl (C=O) groups is 2. The first-order chi connectivity index (χ1) is 11.9. The number of amides is 1. The number of hydrogen-bond acceptors (Lipinski definition) is 4. The lowest BCUT2D eigenvalue weighted by Gasteiger charge is -2.23. The fourth-order valence-corrected chi connectivity index (χ4v) is 4.21. The van der Waals surface area contributed by atoms with E-state index in [1.165, 1.54) is 5.56 Å². The van der Waals surface area contributed by atoms with E-state index in [0.717, 1.165) is 5.56 Å². The van der Waals surface area contributed by atoms with Gasteiger partial charge in [0.15, 0.2) is 0 Å². The maximum atomic E-state index is 13.0. The summed E-state index contributed by atoms with van der Waals surface area (Å²) in [6.45, 7) is 6.69. The van der Waals surface area contributed by atoms with Gasteiger partial charge in [0.05, 0.1) is 24.7 Å². The van der Waals surface area contributed by atoms with Crippen LogP contribution in [0.5, 0.6) is 0 Å². The van der Waals surface area contributed by atoms with Gasteiger partial charge >= 0.3 is 5.97 Å². The molecule has 25 heavy (non-hydrogen) atoms. The number of ether oxygens (including phenoxy) is 2. The molecule has 5 heteroatoms. The number of esters is 1. The zero-order chi connectivity index (χ0) is 17.8. The van der Waals surface area contributed by atoms with Crippen molar-refractivity contribution in [1.29, 1.82) is 0 Å². The molecule has 1 aromatic carbocycles. The molecule has 0 unspecified atom stereocenters. The van der Waals surface area contributed by atoms with Crippen molar-refractivity contribution in [1.82, 2.24) is 4.90 Å². The van der Waals surface area contributed by atoms with E-state index in [4.69, 9.17) is 9.47 Å². The van der Waals surface area contributed by atoms with E-state index in [-0.39, 0.29) is 24.1 Å². The molecule has 3 aliphatic rings. The summed E-state index contributed by atoms with van der Waals surface area (Å²) < 4.78 is 11.5. The van der Waals surface area contributed by atoms with E-state index in [9.17, 15) is 9.59 Å². The molecule has 1 spiro atoms. The van der Waals surface area contributed by atoms with Crippen LogP contribution in [0.15, 0.2) is 36.4 Å². The number of carbonyl (C=O) groups excluding carboxylic acids is 2. The van der Waals surface area contributed by atoms with Gasteiger partial charge in [-0.15, -0.1) is 0 Å². The van der Waals surface area contributed by atoms with Crippen LogP contribution in [0.25, 0.3) is 0 Å². The summed E-state index contributed by atoms with van der Waals surface area (Å²) in [5, 5.41) is 0. The maximum Gasteiger partial charge on any atom is 0.313 e. The van der Waals surface area contributed by atoms with Gasteiger partial charge in [0.2, 0.25) is 5.91 Å².